The van der Waals surface area contributed by atoms with E-state index in [0.29, 0.717) is 45.5 Å². The van der Waals surface area contributed by atoms with E-state index >= 15 is 0 Å². The second-order valence-electron chi connectivity index (χ2n) is 17.8. The third kappa shape index (κ3) is 7.19. The summed E-state index contributed by atoms with van der Waals surface area (Å²) < 4.78 is 4.43. The van der Waals surface area contributed by atoms with E-state index in [0.717, 1.165) is 94.2 Å². The van der Waals surface area contributed by atoms with Crippen LogP contribution in [0.25, 0.3) is 94.7 Å². The fourth-order valence-corrected chi connectivity index (χ4v) is 10.4. The second-order valence-corrected chi connectivity index (χ2v) is 17.8. The molecule has 0 radical (unpaired) electrons. The molecule has 330 valence electrons. The van der Waals surface area contributed by atoms with Gasteiger partial charge in [0.25, 0.3) is 0 Å². The lowest BCUT2D eigenvalue weighted by atomic mass is 9.87. The molecule has 8 aromatic carbocycles. The minimum atomic E-state index is -0.0525. The number of rotatable bonds is 7. The summed E-state index contributed by atoms with van der Waals surface area (Å²) in [5.74, 6) is -0.0525. The molecule has 3 aromatic heterocycles. The van der Waals surface area contributed by atoms with Crippen LogP contribution in [-0.2, 0) is 6.42 Å². The van der Waals surface area contributed by atoms with E-state index in [1.807, 2.05) is 84.9 Å². The number of hydrogen-bond donors (Lipinski definition) is 0. The molecule has 1 aliphatic carbocycles. The molecule has 11 aromatic rings. The monoisotopic (exact) mass is 914 g/mol. The van der Waals surface area contributed by atoms with Gasteiger partial charge in [-0.25, -0.2) is 4.98 Å². The molecule has 72 heavy (non-hydrogen) atoms. The Labute approximate surface area is 414 Å². The predicted octanol–water partition coefficient (Wildman–Crippen LogP) is 14.1. The van der Waals surface area contributed by atoms with E-state index in [1.165, 1.54) is 0 Å². The van der Waals surface area contributed by atoms with E-state index in [9.17, 15) is 26.3 Å². The van der Waals surface area contributed by atoms with Crippen LogP contribution in [0.2, 0.25) is 0 Å². The lowest BCUT2D eigenvalue weighted by Gasteiger charge is -2.23. The smallest absolute Gasteiger partial charge is 0.101 e. The maximum Gasteiger partial charge on any atom is 0.101 e. The van der Waals surface area contributed by atoms with Crippen molar-refractivity contribution in [2.75, 3.05) is 0 Å². The Morgan fingerprint density at radius 3 is 1.51 bits per heavy atom. The van der Waals surface area contributed by atoms with E-state index in [-0.39, 0.29) is 5.92 Å². The zero-order valence-electron chi connectivity index (χ0n) is 38.3. The molecular weight excluding hydrogens is 881 g/mol. The van der Waals surface area contributed by atoms with Gasteiger partial charge in [-0.1, -0.05) is 97.1 Å². The standard InChI is InChI=1S/C64H34N8/c65-35-40-5-1-9-45(25-40)49-13-17-54-55-18-14-50(46-10-2-6-41(26-46)36-66)30-61(55)71(60(54)29-49)59-34-58(44-21-23-70-24-22-44)64(33-53(59)39-69)72-62-31-51(47-11-3-7-42(27-47)37-67)15-19-56(62)57-20-16-52(32-63(57)72)48-12-4-8-43(28-48)38-68/h1-21,23,25-31,33-34,52H,32H2. The Bertz CT molecular complexity index is 4210. The van der Waals surface area contributed by atoms with E-state index < -0.39 is 0 Å². The zero-order valence-corrected chi connectivity index (χ0v) is 38.3. The van der Waals surface area contributed by atoms with Crippen molar-refractivity contribution in [1.29, 1.82) is 26.3 Å². The van der Waals surface area contributed by atoms with Gasteiger partial charge in [-0.15, -0.1) is 0 Å². The average Bonchev–Trinajstić information content (AvgIpc) is 3.95. The number of fused-ring (bicyclic) bond motifs is 6. The maximum absolute atomic E-state index is 11.5. The molecule has 1 aliphatic rings. The molecule has 1 atom stereocenters. The molecule has 0 saturated heterocycles. The van der Waals surface area contributed by atoms with E-state index in [4.69, 9.17) is 0 Å². The number of aromatic nitrogens is 3. The van der Waals surface area contributed by atoms with Crippen molar-refractivity contribution < 1.29 is 0 Å². The Balaban J connectivity index is 1.16. The summed E-state index contributed by atoms with van der Waals surface area (Å²) in [7, 11) is 0. The molecule has 0 bridgehead atoms. The van der Waals surface area contributed by atoms with Crippen molar-refractivity contribution in [3.63, 3.8) is 0 Å². The minimum absolute atomic E-state index is 0.0525. The highest BCUT2D eigenvalue weighted by Gasteiger charge is 2.28. The quantitative estimate of drug-likeness (QED) is 0.156. The molecule has 0 spiro atoms. The molecular formula is C64H34N8. The molecule has 0 aliphatic heterocycles. The number of hydrogen-bond acceptors (Lipinski definition) is 6. The first-order valence-electron chi connectivity index (χ1n) is 23.2. The fourth-order valence-electron chi connectivity index (χ4n) is 10.4. The van der Waals surface area contributed by atoms with E-state index in [2.05, 4.69) is 136 Å². The zero-order chi connectivity index (χ0) is 48.9. The Morgan fingerprint density at radius 2 is 0.986 bits per heavy atom. The van der Waals surface area contributed by atoms with Crippen molar-refractivity contribution >= 4 is 38.8 Å². The maximum atomic E-state index is 11.5. The average molecular weight is 915 g/mol. The Kier molecular flexibility index (Phi) is 10.3. The molecule has 1 unspecified atom stereocenters. The second kappa shape index (κ2) is 17.4. The van der Waals surface area contributed by atoms with Crippen molar-refractivity contribution in [3.8, 4) is 86.2 Å². The number of nitriles is 5. The van der Waals surface area contributed by atoms with Gasteiger partial charge in [0, 0.05) is 56.9 Å². The van der Waals surface area contributed by atoms with Gasteiger partial charge in [0.15, 0.2) is 0 Å². The summed E-state index contributed by atoms with van der Waals surface area (Å²) in [6.07, 6.45) is 9.64. The van der Waals surface area contributed by atoms with Gasteiger partial charge in [0.05, 0.1) is 80.0 Å². The minimum Gasteiger partial charge on any atom is -0.312 e. The summed E-state index contributed by atoms with van der Waals surface area (Å²) in [5.41, 5.74) is 16.7. The Morgan fingerprint density at radius 1 is 0.472 bits per heavy atom. The normalized spacial score (nSPS) is 12.6. The summed E-state index contributed by atoms with van der Waals surface area (Å²) in [5, 5.41) is 53.9. The van der Waals surface area contributed by atoms with Gasteiger partial charge in [0.1, 0.15) is 6.07 Å². The van der Waals surface area contributed by atoms with Crippen molar-refractivity contribution in [2.45, 2.75) is 12.3 Å². The van der Waals surface area contributed by atoms with Gasteiger partial charge in [-0.05, 0) is 136 Å². The highest BCUT2D eigenvalue weighted by Crippen LogP contribution is 2.45. The highest BCUT2D eigenvalue weighted by molar-refractivity contribution is 6.11. The van der Waals surface area contributed by atoms with Crippen LogP contribution in [0.15, 0.2) is 182 Å². The molecule has 8 nitrogen and oxygen atoms in total. The first-order valence-corrected chi connectivity index (χ1v) is 23.2. The molecule has 8 heteroatoms. The van der Waals surface area contributed by atoms with Gasteiger partial charge >= 0.3 is 0 Å². The first kappa shape index (κ1) is 42.6. The largest absolute Gasteiger partial charge is 0.312 e. The summed E-state index contributed by atoms with van der Waals surface area (Å²) in [4.78, 5) is 4.25. The molecule has 0 fully saturated rings. The van der Waals surface area contributed by atoms with Crippen LogP contribution in [0.5, 0.6) is 0 Å². The first-order chi connectivity index (χ1) is 35.4. The summed E-state index contributed by atoms with van der Waals surface area (Å²) >= 11 is 0. The van der Waals surface area contributed by atoms with E-state index in [1.54, 1.807) is 24.4 Å². The molecule has 12 rings (SSSR count). The summed E-state index contributed by atoms with van der Waals surface area (Å²) in [6, 6.07) is 70.4. The molecule has 0 amide bonds. The number of benzene rings is 8. The van der Waals surface area contributed by atoms with Crippen LogP contribution >= 0.6 is 0 Å². The molecule has 0 N–H and O–H groups in total. The molecule has 0 saturated carbocycles. The Hall–Kier alpha value is -10.7. The van der Waals surface area contributed by atoms with Crippen molar-refractivity contribution in [2.24, 2.45) is 0 Å². The third-order valence-electron chi connectivity index (χ3n) is 13.8. The summed E-state index contributed by atoms with van der Waals surface area (Å²) in [6.45, 7) is 0. The fraction of sp³-hybridized carbons (Fsp3) is 0.0312. The van der Waals surface area contributed by atoms with Crippen LogP contribution in [0.3, 0.4) is 0 Å². The highest BCUT2D eigenvalue weighted by atomic mass is 15.0. The lowest BCUT2D eigenvalue weighted by molar-refractivity contribution is 0.783. The van der Waals surface area contributed by atoms with Gasteiger partial charge < -0.3 is 9.13 Å². The van der Waals surface area contributed by atoms with Gasteiger partial charge in [-0.3, -0.25) is 0 Å². The van der Waals surface area contributed by atoms with Crippen LogP contribution in [0.1, 0.15) is 50.6 Å². The SMILES string of the molecule is N#Cc1cccc(-c2ccc3c4c(n(-c5cc(C#N)c(-n6c7cc(-c8cccc(C#N)c8)ccc7c7ccc(-c8cccc(C#N)c8)cc76)cc5-c5c#cncc5)c3c2)CC(c2cccc(C#N)c2)C=C4)c1. The van der Waals surface area contributed by atoms with Crippen molar-refractivity contribution in [3.05, 3.63) is 239 Å². The molecule has 3 heterocycles. The van der Waals surface area contributed by atoms with Gasteiger partial charge in [0.2, 0.25) is 0 Å². The van der Waals surface area contributed by atoms with Crippen LogP contribution < -0.4 is 0 Å². The van der Waals surface area contributed by atoms with Crippen molar-refractivity contribution in [1.82, 2.24) is 14.1 Å². The van der Waals surface area contributed by atoms with Crippen LogP contribution in [0.4, 0.5) is 0 Å². The number of allylic oxidation sites excluding steroid dienone is 1. The van der Waals surface area contributed by atoms with Crippen LogP contribution in [-0.4, -0.2) is 14.1 Å². The van der Waals surface area contributed by atoms with Gasteiger partial charge in [-0.2, -0.15) is 26.3 Å². The predicted molar refractivity (Wildman–Crippen MR) is 280 cm³/mol. The third-order valence-corrected chi connectivity index (χ3v) is 13.8. The number of nitrogens with zero attached hydrogens (tertiary/aromatic N) is 8. The lowest BCUT2D eigenvalue weighted by Crippen LogP contribution is -2.11. The van der Waals surface area contributed by atoms with Crippen LogP contribution in [0, 0.1) is 68.9 Å². The topological polar surface area (TPSA) is 142 Å².